The summed E-state index contributed by atoms with van der Waals surface area (Å²) in [6.45, 7) is 6.36. The Morgan fingerprint density at radius 3 is 2.09 bits per heavy atom. The molecule has 6 heteroatoms. The van der Waals surface area contributed by atoms with Gasteiger partial charge in [0.15, 0.2) is 11.6 Å². The van der Waals surface area contributed by atoms with Crippen LogP contribution >= 0.6 is 0 Å². The molecule has 1 atom stereocenters. The Kier molecular flexibility index (Phi) is 9.05. The van der Waals surface area contributed by atoms with Crippen LogP contribution < -0.4 is 10.1 Å². The van der Waals surface area contributed by atoms with Crippen molar-refractivity contribution < 1.29 is 23.4 Å². The fourth-order valence-corrected chi connectivity index (χ4v) is 3.33. The SMILES string of the molecule is CC(C)(C)OC(=O)NC(COCc1ccccc1)Cc1ccc(OCc2ccccc2)c(F)c1. The number of nitrogens with one attached hydrogen (secondary N) is 1. The summed E-state index contributed by atoms with van der Waals surface area (Å²) in [7, 11) is 0. The van der Waals surface area contributed by atoms with Crippen molar-refractivity contribution >= 4 is 6.09 Å². The molecule has 0 radical (unpaired) electrons. The van der Waals surface area contributed by atoms with Gasteiger partial charge in [-0.1, -0.05) is 66.7 Å². The largest absolute Gasteiger partial charge is 0.486 e. The van der Waals surface area contributed by atoms with Gasteiger partial charge in [-0.25, -0.2) is 9.18 Å². The second-order valence-electron chi connectivity index (χ2n) is 9.09. The molecule has 3 aromatic rings. The van der Waals surface area contributed by atoms with Crippen LogP contribution in [0.15, 0.2) is 78.9 Å². The van der Waals surface area contributed by atoms with Crippen LogP contribution in [-0.4, -0.2) is 24.3 Å². The van der Waals surface area contributed by atoms with Crippen LogP contribution in [0.25, 0.3) is 0 Å². The summed E-state index contributed by atoms with van der Waals surface area (Å²) in [6, 6.07) is 23.8. The molecule has 180 valence electrons. The first-order chi connectivity index (χ1) is 16.3. The van der Waals surface area contributed by atoms with Gasteiger partial charge in [0.05, 0.1) is 19.3 Å². The zero-order chi connectivity index (χ0) is 24.4. The molecule has 1 amide bonds. The third kappa shape index (κ3) is 8.87. The van der Waals surface area contributed by atoms with Crippen LogP contribution in [-0.2, 0) is 29.1 Å². The third-order valence-corrected chi connectivity index (χ3v) is 4.87. The summed E-state index contributed by atoms with van der Waals surface area (Å²) in [6.07, 6.45) is -0.159. The van der Waals surface area contributed by atoms with Crippen molar-refractivity contribution in [2.75, 3.05) is 6.61 Å². The molecule has 0 saturated heterocycles. The molecule has 0 fully saturated rings. The lowest BCUT2D eigenvalue weighted by Gasteiger charge is -2.24. The second kappa shape index (κ2) is 12.2. The van der Waals surface area contributed by atoms with Gasteiger partial charge in [0, 0.05) is 0 Å². The van der Waals surface area contributed by atoms with E-state index in [1.165, 1.54) is 6.07 Å². The van der Waals surface area contributed by atoms with Crippen molar-refractivity contribution in [3.05, 3.63) is 101 Å². The summed E-state index contributed by atoms with van der Waals surface area (Å²) < 4.78 is 31.5. The lowest BCUT2D eigenvalue weighted by atomic mass is 10.1. The summed E-state index contributed by atoms with van der Waals surface area (Å²) in [5.41, 5.74) is 2.09. The first-order valence-corrected chi connectivity index (χ1v) is 11.3. The van der Waals surface area contributed by atoms with Gasteiger partial charge in [0.1, 0.15) is 12.2 Å². The van der Waals surface area contributed by atoms with Gasteiger partial charge in [0.25, 0.3) is 0 Å². The molecule has 0 aliphatic carbocycles. The quantitative estimate of drug-likeness (QED) is 0.396. The van der Waals surface area contributed by atoms with Crippen LogP contribution in [0.5, 0.6) is 5.75 Å². The monoisotopic (exact) mass is 465 g/mol. The van der Waals surface area contributed by atoms with Crippen LogP contribution in [0, 0.1) is 5.82 Å². The molecule has 0 aliphatic rings. The molecular formula is C28H32FNO4. The standard InChI is InChI=1S/C28H32FNO4/c1-28(2,3)34-27(31)30-24(20-32-18-21-10-6-4-7-11-21)16-23-14-15-26(25(29)17-23)33-19-22-12-8-5-9-13-22/h4-15,17,24H,16,18-20H2,1-3H3,(H,30,31). The molecule has 0 aliphatic heterocycles. The summed E-state index contributed by atoms with van der Waals surface area (Å²) in [5, 5.41) is 2.85. The Hall–Kier alpha value is -3.38. The van der Waals surface area contributed by atoms with E-state index < -0.39 is 23.6 Å². The van der Waals surface area contributed by atoms with Crippen molar-refractivity contribution in [2.45, 2.75) is 52.0 Å². The number of benzene rings is 3. The number of hydrogen-bond acceptors (Lipinski definition) is 4. The summed E-state index contributed by atoms with van der Waals surface area (Å²) >= 11 is 0. The lowest BCUT2D eigenvalue weighted by molar-refractivity contribution is 0.0429. The molecular weight excluding hydrogens is 433 g/mol. The molecule has 34 heavy (non-hydrogen) atoms. The van der Waals surface area contributed by atoms with E-state index in [0.717, 1.165) is 11.1 Å². The number of alkyl carbamates (subject to hydrolysis) is 1. The molecule has 0 heterocycles. The van der Waals surface area contributed by atoms with Crippen LogP contribution in [0.1, 0.15) is 37.5 Å². The minimum Gasteiger partial charge on any atom is -0.486 e. The van der Waals surface area contributed by atoms with E-state index in [0.29, 0.717) is 18.6 Å². The predicted octanol–water partition coefficient (Wildman–Crippen LogP) is 6.06. The Balaban J connectivity index is 1.62. The molecule has 3 aromatic carbocycles. The van der Waals surface area contributed by atoms with Gasteiger partial charge in [0.2, 0.25) is 0 Å². The number of rotatable bonds is 10. The van der Waals surface area contributed by atoms with Crippen LogP contribution in [0.2, 0.25) is 0 Å². The van der Waals surface area contributed by atoms with E-state index >= 15 is 0 Å². The Morgan fingerprint density at radius 2 is 1.50 bits per heavy atom. The van der Waals surface area contributed by atoms with Crippen LogP contribution in [0.4, 0.5) is 9.18 Å². The zero-order valence-electron chi connectivity index (χ0n) is 19.9. The average molecular weight is 466 g/mol. The highest BCUT2D eigenvalue weighted by atomic mass is 19.1. The molecule has 0 bridgehead atoms. The first-order valence-electron chi connectivity index (χ1n) is 11.3. The van der Waals surface area contributed by atoms with Gasteiger partial charge in [-0.15, -0.1) is 0 Å². The van der Waals surface area contributed by atoms with Gasteiger partial charge in [-0.05, 0) is 56.0 Å². The Morgan fingerprint density at radius 1 is 0.882 bits per heavy atom. The third-order valence-electron chi connectivity index (χ3n) is 4.87. The highest BCUT2D eigenvalue weighted by Gasteiger charge is 2.20. The highest BCUT2D eigenvalue weighted by Crippen LogP contribution is 2.21. The maximum absolute atomic E-state index is 14.7. The molecule has 1 N–H and O–H groups in total. The average Bonchev–Trinajstić information content (AvgIpc) is 2.78. The van der Waals surface area contributed by atoms with Crippen LogP contribution in [0.3, 0.4) is 0 Å². The van der Waals surface area contributed by atoms with Crippen molar-refractivity contribution in [2.24, 2.45) is 0 Å². The first kappa shape index (κ1) is 25.2. The topological polar surface area (TPSA) is 56.8 Å². The number of hydrogen-bond donors (Lipinski definition) is 1. The van der Waals surface area contributed by atoms with Crippen molar-refractivity contribution in [1.29, 1.82) is 0 Å². The molecule has 0 saturated carbocycles. The minimum absolute atomic E-state index is 0.185. The van der Waals surface area contributed by atoms with E-state index in [1.54, 1.807) is 32.9 Å². The van der Waals surface area contributed by atoms with Gasteiger partial charge in [-0.2, -0.15) is 0 Å². The predicted molar refractivity (Wildman–Crippen MR) is 130 cm³/mol. The van der Waals surface area contributed by atoms with E-state index in [4.69, 9.17) is 14.2 Å². The number of carbonyl (C=O) groups is 1. The van der Waals surface area contributed by atoms with Crippen molar-refractivity contribution in [1.82, 2.24) is 5.32 Å². The lowest BCUT2D eigenvalue weighted by Crippen LogP contribution is -2.42. The smallest absolute Gasteiger partial charge is 0.407 e. The molecule has 3 rings (SSSR count). The summed E-state index contributed by atoms with van der Waals surface area (Å²) in [4.78, 5) is 12.4. The van der Waals surface area contributed by atoms with Gasteiger partial charge in [-0.3, -0.25) is 0 Å². The van der Waals surface area contributed by atoms with Gasteiger partial charge >= 0.3 is 6.09 Å². The van der Waals surface area contributed by atoms with E-state index in [2.05, 4.69) is 5.32 Å². The normalized spacial score (nSPS) is 12.1. The highest BCUT2D eigenvalue weighted by molar-refractivity contribution is 5.68. The minimum atomic E-state index is -0.622. The fourth-order valence-electron chi connectivity index (χ4n) is 3.33. The second-order valence-corrected chi connectivity index (χ2v) is 9.09. The Labute approximate surface area is 200 Å². The summed E-state index contributed by atoms with van der Waals surface area (Å²) in [5.74, 6) is -0.265. The van der Waals surface area contributed by atoms with E-state index in [-0.39, 0.29) is 19.0 Å². The van der Waals surface area contributed by atoms with Crippen molar-refractivity contribution in [3.63, 3.8) is 0 Å². The number of amides is 1. The molecule has 0 aromatic heterocycles. The van der Waals surface area contributed by atoms with E-state index in [1.807, 2.05) is 60.7 Å². The van der Waals surface area contributed by atoms with E-state index in [9.17, 15) is 9.18 Å². The van der Waals surface area contributed by atoms with Gasteiger partial charge < -0.3 is 19.5 Å². The number of halogens is 1. The maximum Gasteiger partial charge on any atom is 0.407 e. The Bertz CT molecular complexity index is 1040. The zero-order valence-corrected chi connectivity index (χ0v) is 19.9. The fraction of sp³-hybridized carbons (Fsp3) is 0.321. The molecule has 1 unspecified atom stereocenters. The number of ether oxygens (including phenoxy) is 3. The molecule has 0 spiro atoms. The molecule has 5 nitrogen and oxygen atoms in total. The van der Waals surface area contributed by atoms with Crippen molar-refractivity contribution in [3.8, 4) is 5.75 Å². The number of carbonyl (C=O) groups excluding carboxylic acids is 1. The maximum atomic E-state index is 14.7.